The van der Waals surface area contributed by atoms with Crippen molar-refractivity contribution in [3.05, 3.63) is 0 Å². The molecule has 2 saturated heterocycles. The Morgan fingerprint density at radius 3 is 2.28 bits per heavy atom. The minimum absolute atomic E-state index is 0.0322. The summed E-state index contributed by atoms with van der Waals surface area (Å²) in [6.07, 6.45) is 9.07. The van der Waals surface area contributed by atoms with E-state index in [2.05, 4.69) is 0 Å². The minimum Gasteiger partial charge on any atom is -0.427 e. The zero-order valence-electron chi connectivity index (χ0n) is 10.5. The summed E-state index contributed by atoms with van der Waals surface area (Å²) in [7, 11) is 0. The van der Waals surface area contributed by atoms with Crippen LogP contribution in [0, 0.1) is 11.8 Å². The van der Waals surface area contributed by atoms with Gasteiger partial charge in [0.1, 0.15) is 12.2 Å². The van der Waals surface area contributed by atoms with Gasteiger partial charge in [-0.05, 0) is 56.8 Å². The van der Waals surface area contributed by atoms with Gasteiger partial charge in [-0.2, -0.15) is 0 Å². The highest BCUT2D eigenvalue weighted by molar-refractivity contribution is 5.62. The Balaban J connectivity index is 1.31. The van der Waals surface area contributed by atoms with E-state index in [1.54, 1.807) is 0 Å². The summed E-state index contributed by atoms with van der Waals surface area (Å²) in [6.45, 7) is 0. The van der Waals surface area contributed by atoms with Crippen LogP contribution in [0.5, 0.6) is 0 Å². The summed E-state index contributed by atoms with van der Waals surface area (Å²) in [5.74, 6) is 1.54. The molecule has 18 heavy (non-hydrogen) atoms. The second-order valence-corrected chi connectivity index (χ2v) is 6.37. The Morgan fingerprint density at radius 1 is 0.833 bits per heavy atom. The third-order valence-corrected chi connectivity index (χ3v) is 5.11. The van der Waals surface area contributed by atoms with Crippen molar-refractivity contribution >= 4 is 6.16 Å². The first-order chi connectivity index (χ1) is 8.78. The third kappa shape index (κ3) is 2.00. The van der Waals surface area contributed by atoms with Crippen LogP contribution in [0.3, 0.4) is 0 Å². The standard InChI is InChI=1S/C14H20O4/c15-14-17-11-4-2-9(7-13(11)18-14)5-8-1-3-10-12(6-8)16-10/h8-13H,1-7H2. The summed E-state index contributed by atoms with van der Waals surface area (Å²) in [4.78, 5) is 11.1. The lowest BCUT2D eigenvalue weighted by molar-refractivity contribution is 0.0713. The van der Waals surface area contributed by atoms with Crippen LogP contribution in [0.2, 0.25) is 0 Å². The molecular weight excluding hydrogens is 232 g/mol. The quantitative estimate of drug-likeness (QED) is 0.560. The second-order valence-electron chi connectivity index (χ2n) is 6.37. The van der Waals surface area contributed by atoms with Gasteiger partial charge in [-0.1, -0.05) is 0 Å². The smallest absolute Gasteiger partial charge is 0.427 e. The fourth-order valence-electron chi connectivity index (χ4n) is 4.10. The van der Waals surface area contributed by atoms with Crippen molar-refractivity contribution in [2.75, 3.05) is 0 Å². The molecule has 2 aliphatic heterocycles. The predicted molar refractivity (Wildman–Crippen MR) is 63.1 cm³/mol. The van der Waals surface area contributed by atoms with Gasteiger partial charge in [0.2, 0.25) is 0 Å². The molecule has 2 heterocycles. The molecule has 0 N–H and O–H groups in total. The number of epoxide rings is 1. The van der Waals surface area contributed by atoms with Crippen LogP contribution < -0.4 is 0 Å². The molecule has 0 aromatic heterocycles. The number of carbonyl (C=O) groups is 1. The lowest BCUT2D eigenvalue weighted by Gasteiger charge is -2.31. The summed E-state index contributed by atoms with van der Waals surface area (Å²) >= 11 is 0. The average molecular weight is 252 g/mol. The lowest BCUT2D eigenvalue weighted by Crippen LogP contribution is -2.32. The molecule has 4 nitrogen and oxygen atoms in total. The Kier molecular flexibility index (Phi) is 2.54. The van der Waals surface area contributed by atoms with Crippen LogP contribution in [0.15, 0.2) is 0 Å². The minimum atomic E-state index is -0.461. The average Bonchev–Trinajstić information content (AvgIpc) is 3.02. The number of hydrogen-bond acceptors (Lipinski definition) is 4. The van der Waals surface area contributed by atoms with Gasteiger partial charge in [0.25, 0.3) is 0 Å². The van der Waals surface area contributed by atoms with E-state index < -0.39 is 6.16 Å². The van der Waals surface area contributed by atoms with Crippen molar-refractivity contribution in [2.45, 2.75) is 69.4 Å². The van der Waals surface area contributed by atoms with Gasteiger partial charge in [0, 0.05) is 0 Å². The zero-order valence-corrected chi connectivity index (χ0v) is 10.5. The number of fused-ring (bicyclic) bond motifs is 2. The summed E-state index contributed by atoms with van der Waals surface area (Å²) in [5, 5.41) is 0. The Labute approximate surface area is 107 Å². The molecule has 4 fully saturated rings. The molecule has 0 aromatic rings. The van der Waals surface area contributed by atoms with Gasteiger partial charge < -0.3 is 14.2 Å². The van der Waals surface area contributed by atoms with Crippen LogP contribution in [0.25, 0.3) is 0 Å². The van der Waals surface area contributed by atoms with E-state index >= 15 is 0 Å². The molecule has 0 radical (unpaired) electrons. The first-order valence-electron chi connectivity index (χ1n) is 7.30. The van der Waals surface area contributed by atoms with Gasteiger partial charge in [0.15, 0.2) is 0 Å². The van der Waals surface area contributed by atoms with Crippen molar-refractivity contribution in [1.29, 1.82) is 0 Å². The van der Waals surface area contributed by atoms with Gasteiger partial charge in [0.05, 0.1) is 12.2 Å². The molecule has 0 amide bonds. The molecule has 6 atom stereocenters. The van der Waals surface area contributed by atoms with Crippen LogP contribution in [-0.4, -0.2) is 30.6 Å². The molecule has 0 bridgehead atoms. The maximum Gasteiger partial charge on any atom is 0.509 e. The number of ether oxygens (including phenoxy) is 3. The second kappa shape index (κ2) is 4.12. The Hall–Kier alpha value is -0.770. The van der Waals surface area contributed by atoms with E-state index in [1.807, 2.05) is 0 Å². The normalized spacial score (nSPS) is 49.9. The van der Waals surface area contributed by atoms with Crippen molar-refractivity contribution in [3.63, 3.8) is 0 Å². The highest BCUT2D eigenvalue weighted by Crippen LogP contribution is 2.44. The molecule has 4 aliphatic rings. The maximum absolute atomic E-state index is 11.1. The monoisotopic (exact) mass is 252 g/mol. The molecule has 100 valence electrons. The van der Waals surface area contributed by atoms with Crippen molar-refractivity contribution in [3.8, 4) is 0 Å². The van der Waals surface area contributed by atoms with E-state index in [0.717, 1.165) is 18.8 Å². The molecule has 0 spiro atoms. The topological polar surface area (TPSA) is 48.1 Å². The molecule has 2 saturated carbocycles. The van der Waals surface area contributed by atoms with Crippen LogP contribution in [-0.2, 0) is 14.2 Å². The van der Waals surface area contributed by atoms with Gasteiger partial charge in [-0.3, -0.25) is 0 Å². The molecule has 2 aliphatic carbocycles. The molecular formula is C14H20O4. The van der Waals surface area contributed by atoms with Crippen molar-refractivity contribution in [2.24, 2.45) is 11.8 Å². The van der Waals surface area contributed by atoms with E-state index in [0.29, 0.717) is 18.1 Å². The molecule has 0 aromatic carbocycles. The van der Waals surface area contributed by atoms with E-state index in [9.17, 15) is 4.79 Å². The fraction of sp³-hybridized carbons (Fsp3) is 0.929. The highest BCUT2D eigenvalue weighted by Gasteiger charge is 2.46. The zero-order chi connectivity index (χ0) is 12.1. The summed E-state index contributed by atoms with van der Waals surface area (Å²) in [6, 6.07) is 0. The molecule has 6 unspecified atom stereocenters. The first-order valence-corrected chi connectivity index (χ1v) is 7.30. The van der Waals surface area contributed by atoms with Crippen LogP contribution in [0.4, 0.5) is 4.79 Å². The number of hydrogen-bond donors (Lipinski definition) is 0. The van der Waals surface area contributed by atoms with Gasteiger partial charge in [-0.15, -0.1) is 0 Å². The highest BCUT2D eigenvalue weighted by atomic mass is 16.8. The van der Waals surface area contributed by atoms with Gasteiger partial charge >= 0.3 is 6.16 Å². The first kappa shape index (κ1) is 11.1. The van der Waals surface area contributed by atoms with Crippen LogP contribution in [0.1, 0.15) is 44.9 Å². The predicted octanol–water partition coefficient (Wildman–Crippen LogP) is 2.65. The third-order valence-electron chi connectivity index (χ3n) is 5.11. The molecule has 4 rings (SSSR count). The summed E-state index contributed by atoms with van der Waals surface area (Å²) in [5.41, 5.74) is 0. The maximum atomic E-state index is 11.1. The van der Waals surface area contributed by atoms with E-state index in [-0.39, 0.29) is 12.2 Å². The van der Waals surface area contributed by atoms with Crippen LogP contribution >= 0.6 is 0 Å². The van der Waals surface area contributed by atoms with E-state index in [4.69, 9.17) is 14.2 Å². The number of carbonyl (C=O) groups excluding carboxylic acids is 1. The Bertz CT molecular complexity index is 356. The van der Waals surface area contributed by atoms with Gasteiger partial charge in [-0.25, -0.2) is 4.79 Å². The largest absolute Gasteiger partial charge is 0.509 e. The number of rotatable bonds is 2. The van der Waals surface area contributed by atoms with E-state index in [1.165, 1.54) is 32.1 Å². The van der Waals surface area contributed by atoms with Crippen molar-refractivity contribution < 1.29 is 19.0 Å². The van der Waals surface area contributed by atoms with Crippen molar-refractivity contribution in [1.82, 2.24) is 0 Å². The molecule has 4 heteroatoms. The summed E-state index contributed by atoms with van der Waals surface area (Å²) < 4.78 is 16.0. The SMILES string of the molecule is O=C1OC2CCC(CC3CCC4OC4C3)CC2O1. The fourth-order valence-corrected chi connectivity index (χ4v) is 4.10. The Morgan fingerprint density at radius 2 is 1.50 bits per heavy atom. The lowest BCUT2D eigenvalue weighted by atomic mass is 9.76.